The summed E-state index contributed by atoms with van der Waals surface area (Å²) < 4.78 is 15.9. The van der Waals surface area contributed by atoms with Gasteiger partial charge in [-0.2, -0.15) is 0 Å². The molecular weight excluding hydrogens is 606 g/mol. The van der Waals surface area contributed by atoms with Gasteiger partial charge in [-0.05, 0) is 84.9 Å². The molecule has 0 aliphatic carbocycles. The van der Waals surface area contributed by atoms with Gasteiger partial charge in [0, 0.05) is 28.1 Å². The molecule has 1 aliphatic heterocycles. The number of benzene rings is 4. The van der Waals surface area contributed by atoms with Gasteiger partial charge in [-0.25, -0.2) is 4.90 Å². The Bertz CT molecular complexity index is 1770. The van der Waals surface area contributed by atoms with Crippen LogP contribution in [0.1, 0.15) is 22.3 Å². The number of methoxy groups -OCH3 is 3. The molecule has 1 saturated heterocycles. The van der Waals surface area contributed by atoms with Crippen molar-refractivity contribution in [3.63, 3.8) is 0 Å². The first-order valence-electron chi connectivity index (χ1n) is 14.2. The van der Waals surface area contributed by atoms with Gasteiger partial charge in [-0.15, -0.1) is 11.8 Å². The van der Waals surface area contributed by atoms with Crippen molar-refractivity contribution in [3.05, 3.63) is 114 Å². The van der Waals surface area contributed by atoms with E-state index in [0.29, 0.717) is 39.8 Å². The van der Waals surface area contributed by atoms with E-state index in [-0.39, 0.29) is 23.9 Å². The summed E-state index contributed by atoms with van der Waals surface area (Å²) in [5, 5.41) is 4.94. The van der Waals surface area contributed by atoms with E-state index in [1.807, 2.05) is 0 Å². The molecule has 4 amide bonds. The highest BCUT2D eigenvalue weighted by Gasteiger charge is 2.40. The van der Waals surface area contributed by atoms with Crippen molar-refractivity contribution >= 4 is 52.8 Å². The van der Waals surface area contributed by atoms with E-state index in [1.165, 1.54) is 37.0 Å². The number of anilines is 2. The standard InChI is InChI=1S/C35H31N3O7S/c1-43-26-13-11-25(12-14-26)38-32(39)21-31(35(38)42)46-28-16-9-24(10-17-28)36-34(41)29(37-33(40)22-7-5-4-6-8-22)20-23-19-27(44-2)15-18-30(23)45-3/h4-20,31H,21H2,1-3H3,(H,36,41)(H,37,40)/b29-20-. The second kappa shape index (κ2) is 14.5. The second-order valence-corrected chi connectivity index (χ2v) is 11.3. The fraction of sp³-hybridized carbons (Fsp3) is 0.143. The third-order valence-electron chi connectivity index (χ3n) is 7.09. The third kappa shape index (κ3) is 7.39. The molecule has 1 fully saturated rings. The zero-order valence-electron chi connectivity index (χ0n) is 25.3. The van der Waals surface area contributed by atoms with Crippen LogP contribution in [0.4, 0.5) is 11.4 Å². The lowest BCUT2D eigenvalue weighted by atomic mass is 10.1. The van der Waals surface area contributed by atoms with Crippen molar-refractivity contribution in [2.75, 3.05) is 31.5 Å². The van der Waals surface area contributed by atoms with Gasteiger partial charge >= 0.3 is 0 Å². The van der Waals surface area contributed by atoms with E-state index >= 15 is 0 Å². The maximum atomic E-state index is 13.5. The Kier molecular flexibility index (Phi) is 10.0. The molecule has 0 saturated carbocycles. The second-order valence-electron chi connectivity index (χ2n) is 10.0. The number of imide groups is 1. The van der Waals surface area contributed by atoms with Crippen LogP contribution in [0.25, 0.3) is 6.08 Å². The van der Waals surface area contributed by atoms with E-state index in [9.17, 15) is 19.2 Å². The van der Waals surface area contributed by atoms with Crippen LogP contribution < -0.4 is 29.7 Å². The number of thioether (sulfide) groups is 1. The predicted octanol–water partition coefficient (Wildman–Crippen LogP) is 5.55. The molecule has 1 unspecified atom stereocenters. The maximum absolute atomic E-state index is 13.5. The molecule has 5 rings (SSSR count). The normalized spacial score (nSPS) is 14.5. The average molecular weight is 638 g/mol. The Morgan fingerprint density at radius 3 is 2.15 bits per heavy atom. The lowest BCUT2D eigenvalue weighted by Crippen LogP contribution is -2.31. The summed E-state index contributed by atoms with van der Waals surface area (Å²) >= 11 is 1.27. The fourth-order valence-electron chi connectivity index (χ4n) is 4.73. The highest BCUT2D eigenvalue weighted by Crippen LogP contribution is 2.35. The minimum atomic E-state index is -0.587. The summed E-state index contributed by atoms with van der Waals surface area (Å²) in [4.78, 5) is 54.3. The molecule has 0 aromatic heterocycles. The number of hydrogen-bond acceptors (Lipinski definition) is 8. The molecule has 4 aromatic carbocycles. The number of amides is 4. The van der Waals surface area contributed by atoms with Crippen LogP contribution >= 0.6 is 11.8 Å². The van der Waals surface area contributed by atoms with Gasteiger partial charge in [0.1, 0.15) is 22.9 Å². The van der Waals surface area contributed by atoms with Crippen molar-refractivity contribution in [1.29, 1.82) is 0 Å². The predicted molar refractivity (Wildman–Crippen MR) is 176 cm³/mol. The number of hydrogen-bond donors (Lipinski definition) is 2. The molecular formula is C35H31N3O7S. The molecule has 1 aliphatic rings. The molecule has 1 atom stereocenters. The Labute approximate surface area is 270 Å². The number of nitrogens with one attached hydrogen (secondary N) is 2. The first kappa shape index (κ1) is 31.9. The summed E-state index contributed by atoms with van der Waals surface area (Å²) in [6.45, 7) is 0. The minimum absolute atomic E-state index is 0.0208. The van der Waals surface area contributed by atoms with E-state index in [4.69, 9.17) is 14.2 Å². The van der Waals surface area contributed by atoms with Crippen LogP contribution in [0.5, 0.6) is 17.2 Å². The van der Waals surface area contributed by atoms with Gasteiger partial charge in [0.15, 0.2) is 0 Å². The highest BCUT2D eigenvalue weighted by molar-refractivity contribution is 8.00. The Morgan fingerprint density at radius 1 is 0.826 bits per heavy atom. The number of nitrogens with zero attached hydrogens (tertiary/aromatic N) is 1. The molecule has 11 heteroatoms. The van der Waals surface area contributed by atoms with Crippen molar-refractivity contribution < 1.29 is 33.4 Å². The maximum Gasteiger partial charge on any atom is 0.272 e. The number of rotatable bonds is 11. The molecule has 4 aromatic rings. The highest BCUT2D eigenvalue weighted by atomic mass is 32.2. The smallest absolute Gasteiger partial charge is 0.272 e. The zero-order chi connectivity index (χ0) is 32.6. The largest absolute Gasteiger partial charge is 0.497 e. The molecule has 0 bridgehead atoms. The number of carbonyl (C=O) groups is 4. The third-order valence-corrected chi connectivity index (χ3v) is 8.29. The Hall–Kier alpha value is -5.55. The molecule has 234 valence electrons. The van der Waals surface area contributed by atoms with Crippen molar-refractivity contribution in [2.24, 2.45) is 0 Å². The summed E-state index contributed by atoms with van der Waals surface area (Å²) in [6.07, 6.45) is 1.58. The van der Waals surface area contributed by atoms with Gasteiger partial charge < -0.3 is 24.8 Å². The number of ether oxygens (including phenoxy) is 3. The van der Waals surface area contributed by atoms with Crippen LogP contribution in [0.2, 0.25) is 0 Å². The first-order valence-corrected chi connectivity index (χ1v) is 15.1. The van der Waals surface area contributed by atoms with Gasteiger partial charge in [0.2, 0.25) is 11.8 Å². The van der Waals surface area contributed by atoms with E-state index in [0.717, 1.165) is 4.90 Å². The van der Waals surface area contributed by atoms with Gasteiger partial charge in [0.05, 0.1) is 32.3 Å². The SMILES string of the molecule is COc1ccc(N2C(=O)CC(Sc3ccc(NC(=O)/C(=C/c4cc(OC)ccc4OC)NC(=O)c4ccccc4)cc3)C2=O)cc1. The quantitative estimate of drug-likeness (QED) is 0.162. The van der Waals surface area contributed by atoms with Crippen LogP contribution in [0.3, 0.4) is 0 Å². The molecule has 46 heavy (non-hydrogen) atoms. The summed E-state index contributed by atoms with van der Waals surface area (Å²) in [7, 11) is 4.58. The van der Waals surface area contributed by atoms with Crippen LogP contribution in [0.15, 0.2) is 108 Å². The van der Waals surface area contributed by atoms with Gasteiger partial charge in [0.25, 0.3) is 11.8 Å². The van der Waals surface area contributed by atoms with Crippen LogP contribution in [0, 0.1) is 0 Å². The first-order chi connectivity index (χ1) is 22.3. The minimum Gasteiger partial charge on any atom is -0.497 e. The number of carbonyl (C=O) groups excluding carboxylic acids is 4. The van der Waals surface area contributed by atoms with Crippen LogP contribution in [-0.4, -0.2) is 50.2 Å². The molecule has 1 heterocycles. The fourth-order valence-corrected chi connectivity index (χ4v) is 5.78. The Balaban J connectivity index is 1.31. The Morgan fingerprint density at radius 2 is 1.50 bits per heavy atom. The average Bonchev–Trinajstić information content (AvgIpc) is 3.36. The lowest BCUT2D eigenvalue weighted by Gasteiger charge is -2.15. The van der Waals surface area contributed by atoms with Crippen molar-refractivity contribution in [3.8, 4) is 17.2 Å². The van der Waals surface area contributed by atoms with E-state index < -0.39 is 17.1 Å². The monoisotopic (exact) mass is 637 g/mol. The van der Waals surface area contributed by atoms with Gasteiger partial charge in [-0.1, -0.05) is 18.2 Å². The zero-order valence-corrected chi connectivity index (χ0v) is 26.1. The lowest BCUT2D eigenvalue weighted by molar-refractivity contribution is -0.121. The molecule has 2 N–H and O–H groups in total. The summed E-state index contributed by atoms with van der Waals surface area (Å²) in [5.41, 5.74) is 1.83. The van der Waals surface area contributed by atoms with Crippen molar-refractivity contribution in [1.82, 2.24) is 5.32 Å². The van der Waals surface area contributed by atoms with E-state index in [1.54, 1.807) is 104 Å². The molecule has 10 nitrogen and oxygen atoms in total. The topological polar surface area (TPSA) is 123 Å². The molecule has 0 spiro atoms. The van der Waals surface area contributed by atoms with Crippen LogP contribution in [-0.2, 0) is 14.4 Å². The summed E-state index contributed by atoms with van der Waals surface area (Å²) in [6, 6.07) is 27.3. The molecule has 0 radical (unpaired) electrons. The summed E-state index contributed by atoms with van der Waals surface area (Å²) in [5.74, 6) is 0.0461. The van der Waals surface area contributed by atoms with Gasteiger partial charge in [-0.3, -0.25) is 19.2 Å². The van der Waals surface area contributed by atoms with Crippen molar-refractivity contribution in [2.45, 2.75) is 16.6 Å². The van der Waals surface area contributed by atoms with E-state index in [2.05, 4.69) is 10.6 Å².